The highest BCUT2D eigenvalue weighted by molar-refractivity contribution is 7.13. The normalized spacial score (nSPS) is 19.4. The molecule has 1 aliphatic rings. The molecule has 1 saturated heterocycles. The van der Waals surface area contributed by atoms with Crippen LogP contribution < -0.4 is 11.1 Å². The number of aromatic nitrogens is 1. The summed E-state index contributed by atoms with van der Waals surface area (Å²) < 4.78 is 5.29. The van der Waals surface area contributed by atoms with Crippen LogP contribution in [0, 0.1) is 0 Å². The molecule has 1 atom stereocenters. The van der Waals surface area contributed by atoms with Gasteiger partial charge in [0.15, 0.2) is 5.13 Å². The number of hydrogen-bond acceptors (Lipinski definition) is 5. The maximum atomic E-state index is 11.6. The van der Waals surface area contributed by atoms with E-state index in [1.807, 2.05) is 5.38 Å². The number of amides is 1. The second kappa shape index (κ2) is 5.97. The van der Waals surface area contributed by atoms with Crippen molar-refractivity contribution in [3.05, 3.63) is 11.1 Å². The summed E-state index contributed by atoms with van der Waals surface area (Å²) >= 11 is 1.45. The van der Waals surface area contributed by atoms with Crippen molar-refractivity contribution in [2.24, 2.45) is 0 Å². The Morgan fingerprint density at radius 1 is 1.71 bits per heavy atom. The number of nitrogens with one attached hydrogen (secondary N) is 1. The van der Waals surface area contributed by atoms with E-state index in [0.717, 1.165) is 31.4 Å². The Morgan fingerprint density at radius 3 is 3.24 bits per heavy atom. The molecule has 0 aliphatic carbocycles. The SMILES string of the molecule is Nc1nc(CCCNC(=O)[C@@H]2CCCO2)cs1. The minimum Gasteiger partial charge on any atom is -0.375 e. The third kappa shape index (κ3) is 3.67. The molecule has 17 heavy (non-hydrogen) atoms. The van der Waals surface area contributed by atoms with E-state index in [2.05, 4.69) is 10.3 Å². The largest absolute Gasteiger partial charge is 0.375 e. The van der Waals surface area contributed by atoms with Gasteiger partial charge in [0.1, 0.15) is 6.10 Å². The molecular formula is C11H17N3O2S. The number of hydrogen-bond donors (Lipinski definition) is 2. The van der Waals surface area contributed by atoms with Gasteiger partial charge in [0.2, 0.25) is 5.91 Å². The predicted molar refractivity (Wildman–Crippen MR) is 66.8 cm³/mol. The number of carbonyl (C=O) groups is 1. The molecule has 1 fully saturated rings. The quantitative estimate of drug-likeness (QED) is 0.768. The Hall–Kier alpha value is -1.14. The zero-order valence-corrected chi connectivity index (χ0v) is 10.5. The highest BCUT2D eigenvalue weighted by Crippen LogP contribution is 2.13. The first-order valence-electron chi connectivity index (χ1n) is 5.85. The molecule has 2 rings (SSSR count). The lowest BCUT2D eigenvalue weighted by Crippen LogP contribution is -2.34. The molecule has 3 N–H and O–H groups in total. The average molecular weight is 255 g/mol. The molecule has 0 aromatic carbocycles. The van der Waals surface area contributed by atoms with Crippen LogP contribution in [-0.2, 0) is 16.0 Å². The first-order chi connectivity index (χ1) is 8.25. The average Bonchev–Trinajstić information content (AvgIpc) is 2.95. The fourth-order valence-electron chi connectivity index (χ4n) is 1.82. The van der Waals surface area contributed by atoms with Crippen LogP contribution in [0.1, 0.15) is 25.0 Å². The second-order valence-corrected chi connectivity index (χ2v) is 4.96. The topological polar surface area (TPSA) is 77.2 Å². The fraction of sp³-hybridized carbons (Fsp3) is 0.636. The Labute approximate surface area is 104 Å². The van der Waals surface area contributed by atoms with Crippen LogP contribution in [0.4, 0.5) is 5.13 Å². The molecule has 5 nitrogen and oxygen atoms in total. The molecule has 1 aromatic heterocycles. The van der Waals surface area contributed by atoms with Crippen LogP contribution >= 0.6 is 11.3 Å². The molecule has 6 heteroatoms. The zero-order chi connectivity index (χ0) is 12.1. The van der Waals surface area contributed by atoms with E-state index in [1.54, 1.807) is 0 Å². The third-order valence-electron chi connectivity index (χ3n) is 2.70. The number of nitrogens with zero attached hydrogens (tertiary/aromatic N) is 1. The molecule has 0 spiro atoms. The number of anilines is 1. The summed E-state index contributed by atoms with van der Waals surface area (Å²) in [6.07, 6.45) is 3.32. The zero-order valence-electron chi connectivity index (χ0n) is 9.65. The van der Waals surface area contributed by atoms with Crippen molar-refractivity contribution in [2.45, 2.75) is 31.8 Å². The summed E-state index contributed by atoms with van der Waals surface area (Å²) in [6.45, 7) is 1.37. The smallest absolute Gasteiger partial charge is 0.249 e. The van der Waals surface area contributed by atoms with Crippen molar-refractivity contribution in [3.63, 3.8) is 0 Å². The highest BCUT2D eigenvalue weighted by Gasteiger charge is 2.22. The maximum absolute atomic E-state index is 11.6. The summed E-state index contributed by atoms with van der Waals surface area (Å²) in [5.41, 5.74) is 6.53. The number of thiazole rings is 1. The van der Waals surface area contributed by atoms with Crippen LogP contribution in [0.5, 0.6) is 0 Å². The summed E-state index contributed by atoms with van der Waals surface area (Å²) in [7, 11) is 0. The van der Waals surface area contributed by atoms with Gasteiger partial charge in [0, 0.05) is 18.5 Å². The molecular weight excluding hydrogens is 238 g/mol. The maximum Gasteiger partial charge on any atom is 0.249 e. The van der Waals surface area contributed by atoms with Crippen molar-refractivity contribution in [3.8, 4) is 0 Å². The Bertz CT molecular complexity index is 375. The molecule has 0 unspecified atom stereocenters. The molecule has 0 bridgehead atoms. The summed E-state index contributed by atoms with van der Waals surface area (Å²) in [5.74, 6) is 0.0142. The summed E-state index contributed by atoms with van der Waals surface area (Å²) in [4.78, 5) is 15.8. The van der Waals surface area contributed by atoms with Crippen LogP contribution in [0.3, 0.4) is 0 Å². The minimum atomic E-state index is -0.232. The van der Waals surface area contributed by atoms with Crippen molar-refractivity contribution in [1.29, 1.82) is 0 Å². The number of carbonyl (C=O) groups excluding carboxylic acids is 1. The van der Waals surface area contributed by atoms with Crippen LogP contribution in [0.25, 0.3) is 0 Å². The van der Waals surface area contributed by atoms with Crippen LogP contribution in [0.15, 0.2) is 5.38 Å². The molecule has 1 aromatic rings. The molecule has 1 amide bonds. The van der Waals surface area contributed by atoms with Gasteiger partial charge in [0.25, 0.3) is 0 Å². The van der Waals surface area contributed by atoms with E-state index in [1.165, 1.54) is 11.3 Å². The van der Waals surface area contributed by atoms with Crippen molar-refractivity contribution >= 4 is 22.4 Å². The van der Waals surface area contributed by atoms with Gasteiger partial charge >= 0.3 is 0 Å². The standard InChI is InChI=1S/C11H17N3O2S/c12-11-14-8(7-17-11)3-1-5-13-10(15)9-4-2-6-16-9/h7,9H,1-6H2,(H2,12,14)(H,13,15)/t9-/m0/s1. The van der Waals surface area contributed by atoms with Crippen molar-refractivity contribution in [1.82, 2.24) is 10.3 Å². The summed E-state index contributed by atoms with van der Waals surface area (Å²) in [6, 6.07) is 0. The van der Waals surface area contributed by atoms with E-state index in [9.17, 15) is 4.79 Å². The van der Waals surface area contributed by atoms with Gasteiger partial charge < -0.3 is 15.8 Å². The number of rotatable bonds is 5. The highest BCUT2D eigenvalue weighted by atomic mass is 32.1. The van der Waals surface area contributed by atoms with E-state index in [0.29, 0.717) is 18.3 Å². The van der Waals surface area contributed by atoms with Gasteiger partial charge in [0.05, 0.1) is 5.69 Å². The van der Waals surface area contributed by atoms with E-state index >= 15 is 0 Å². The van der Waals surface area contributed by atoms with Gasteiger partial charge in [-0.05, 0) is 25.7 Å². The molecule has 2 heterocycles. The Balaban J connectivity index is 1.61. The fourth-order valence-corrected chi connectivity index (χ4v) is 2.41. The van der Waals surface area contributed by atoms with Gasteiger partial charge in [-0.2, -0.15) is 0 Å². The number of nitrogen functional groups attached to an aromatic ring is 1. The molecule has 94 valence electrons. The van der Waals surface area contributed by atoms with Gasteiger partial charge in [-0.3, -0.25) is 4.79 Å². The van der Waals surface area contributed by atoms with Crippen LogP contribution in [-0.4, -0.2) is 30.1 Å². The second-order valence-electron chi connectivity index (χ2n) is 4.07. The monoisotopic (exact) mass is 255 g/mol. The van der Waals surface area contributed by atoms with E-state index in [-0.39, 0.29) is 12.0 Å². The Kier molecular flexibility index (Phi) is 4.33. The van der Waals surface area contributed by atoms with Crippen molar-refractivity contribution < 1.29 is 9.53 Å². The number of ether oxygens (including phenoxy) is 1. The first kappa shape index (κ1) is 12.3. The van der Waals surface area contributed by atoms with Crippen LogP contribution in [0.2, 0.25) is 0 Å². The van der Waals surface area contributed by atoms with E-state index in [4.69, 9.17) is 10.5 Å². The van der Waals surface area contributed by atoms with Gasteiger partial charge in [-0.15, -0.1) is 11.3 Å². The Morgan fingerprint density at radius 2 is 2.59 bits per heavy atom. The minimum absolute atomic E-state index is 0.0142. The molecule has 0 saturated carbocycles. The third-order valence-corrected chi connectivity index (χ3v) is 3.42. The van der Waals surface area contributed by atoms with Gasteiger partial charge in [-0.1, -0.05) is 0 Å². The number of nitrogens with two attached hydrogens (primary N) is 1. The van der Waals surface area contributed by atoms with Crippen molar-refractivity contribution in [2.75, 3.05) is 18.9 Å². The first-order valence-corrected chi connectivity index (χ1v) is 6.73. The summed E-state index contributed by atoms with van der Waals surface area (Å²) in [5, 5.41) is 5.44. The lowest BCUT2D eigenvalue weighted by molar-refractivity contribution is -0.130. The lowest BCUT2D eigenvalue weighted by Gasteiger charge is -2.09. The molecule has 1 aliphatic heterocycles. The molecule has 0 radical (unpaired) electrons. The predicted octanol–water partition coefficient (Wildman–Crippen LogP) is 0.953. The van der Waals surface area contributed by atoms with Gasteiger partial charge in [-0.25, -0.2) is 4.98 Å². The lowest BCUT2D eigenvalue weighted by atomic mass is 10.2. The number of aryl methyl sites for hydroxylation is 1. The van der Waals surface area contributed by atoms with E-state index < -0.39 is 0 Å².